The summed E-state index contributed by atoms with van der Waals surface area (Å²) in [5, 5.41) is 2.70. The SMILES string of the molecule is COC(=O)c1cccc(NC(=O)CN(Cc2ccc(C)cc2)C(C)=O)c1. The Morgan fingerprint density at radius 1 is 1.08 bits per heavy atom. The molecule has 0 atom stereocenters. The van der Waals surface area contributed by atoms with Crippen LogP contribution in [0.2, 0.25) is 0 Å². The number of methoxy groups -OCH3 is 1. The van der Waals surface area contributed by atoms with Crippen LogP contribution in [-0.4, -0.2) is 36.3 Å². The van der Waals surface area contributed by atoms with Crippen molar-refractivity contribution in [3.63, 3.8) is 0 Å². The first-order chi connectivity index (χ1) is 12.4. The van der Waals surface area contributed by atoms with Crippen molar-refractivity contribution in [3.8, 4) is 0 Å². The quantitative estimate of drug-likeness (QED) is 0.810. The number of amides is 2. The Morgan fingerprint density at radius 3 is 2.38 bits per heavy atom. The summed E-state index contributed by atoms with van der Waals surface area (Å²) in [7, 11) is 1.30. The van der Waals surface area contributed by atoms with Gasteiger partial charge in [0.15, 0.2) is 0 Å². The first-order valence-corrected chi connectivity index (χ1v) is 8.18. The highest BCUT2D eigenvalue weighted by molar-refractivity contribution is 5.96. The second kappa shape index (κ2) is 8.80. The molecule has 0 heterocycles. The van der Waals surface area contributed by atoms with Crippen LogP contribution in [0, 0.1) is 6.92 Å². The normalized spacial score (nSPS) is 10.1. The Morgan fingerprint density at radius 2 is 1.77 bits per heavy atom. The lowest BCUT2D eigenvalue weighted by molar-refractivity contribution is -0.133. The molecule has 2 aromatic rings. The summed E-state index contributed by atoms with van der Waals surface area (Å²) in [6.07, 6.45) is 0. The molecule has 2 aromatic carbocycles. The van der Waals surface area contributed by atoms with Gasteiger partial charge < -0.3 is 15.0 Å². The number of hydrogen-bond donors (Lipinski definition) is 1. The molecule has 2 amide bonds. The molecule has 0 bridgehead atoms. The molecule has 0 aromatic heterocycles. The van der Waals surface area contributed by atoms with E-state index in [0.29, 0.717) is 17.8 Å². The number of nitrogens with zero attached hydrogens (tertiary/aromatic N) is 1. The summed E-state index contributed by atoms with van der Waals surface area (Å²) in [5.74, 6) is -1.01. The van der Waals surface area contributed by atoms with Gasteiger partial charge in [-0.15, -0.1) is 0 Å². The highest BCUT2D eigenvalue weighted by Gasteiger charge is 2.15. The van der Waals surface area contributed by atoms with Crippen molar-refractivity contribution in [2.75, 3.05) is 19.0 Å². The molecule has 0 spiro atoms. The highest BCUT2D eigenvalue weighted by Crippen LogP contribution is 2.12. The number of carbonyl (C=O) groups excluding carboxylic acids is 3. The molecule has 6 heteroatoms. The molecule has 0 radical (unpaired) electrons. The van der Waals surface area contributed by atoms with Crippen molar-refractivity contribution in [2.45, 2.75) is 20.4 Å². The number of anilines is 1. The largest absolute Gasteiger partial charge is 0.465 e. The van der Waals surface area contributed by atoms with Crippen LogP contribution >= 0.6 is 0 Å². The molecule has 0 aliphatic rings. The van der Waals surface area contributed by atoms with E-state index in [9.17, 15) is 14.4 Å². The molecule has 0 fully saturated rings. The monoisotopic (exact) mass is 354 g/mol. The van der Waals surface area contributed by atoms with E-state index in [0.717, 1.165) is 11.1 Å². The minimum atomic E-state index is -0.481. The Bertz CT molecular complexity index is 800. The third kappa shape index (κ3) is 5.44. The van der Waals surface area contributed by atoms with Crippen molar-refractivity contribution >= 4 is 23.5 Å². The van der Waals surface area contributed by atoms with Gasteiger partial charge in [0.25, 0.3) is 0 Å². The summed E-state index contributed by atoms with van der Waals surface area (Å²) < 4.78 is 4.66. The van der Waals surface area contributed by atoms with E-state index in [1.165, 1.54) is 25.0 Å². The van der Waals surface area contributed by atoms with Gasteiger partial charge in [-0.2, -0.15) is 0 Å². The average molecular weight is 354 g/mol. The van der Waals surface area contributed by atoms with Gasteiger partial charge in [0, 0.05) is 19.2 Å². The molecule has 1 N–H and O–H groups in total. The molecule has 26 heavy (non-hydrogen) atoms. The fourth-order valence-corrected chi connectivity index (χ4v) is 2.41. The number of carbonyl (C=O) groups is 3. The molecular weight excluding hydrogens is 332 g/mol. The van der Waals surface area contributed by atoms with Crippen molar-refractivity contribution in [1.82, 2.24) is 4.90 Å². The first-order valence-electron chi connectivity index (χ1n) is 8.18. The zero-order valence-electron chi connectivity index (χ0n) is 15.1. The molecule has 0 unspecified atom stereocenters. The standard InChI is InChI=1S/C20H22N2O4/c1-14-7-9-16(10-8-14)12-22(15(2)23)13-19(24)21-18-6-4-5-17(11-18)20(25)26-3/h4-11H,12-13H2,1-3H3,(H,21,24). The van der Waals surface area contributed by atoms with Gasteiger partial charge in [0.05, 0.1) is 12.7 Å². The average Bonchev–Trinajstić information content (AvgIpc) is 2.62. The highest BCUT2D eigenvalue weighted by atomic mass is 16.5. The smallest absolute Gasteiger partial charge is 0.337 e. The molecule has 0 aliphatic heterocycles. The van der Waals surface area contributed by atoms with Gasteiger partial charge in [-0.05, 0) is 30.7 Å². The number of nitrogens with one attached hydrogen (secondary N) is 1. The fourth-order valence-electron chi connectivity index (χ4n) is 2.41. The number of aryl methyl sites for hydroxylation is 1. The van der Waals surface area contributed by atoms with Crippen molar-refractivity contribution in [2.24, 2.45) is 0 Å². The minimum Gasteiger partial charge on any atom is -0.465 e. The minimum absolute atomic E-state index is 0.0777. The van der Waals surface area contributed by atoms with Crippen LogP contribution in [0.1, 0.15) is 28.4 Å². The summed E-state index contributed by atoms with van der Waals surface area (Å²) in [6.45, 7) is 3.69. The van der Waals surface area contributed by atoms with Gasteiger partial charge in [0.2, 0.25) is 11.8 Å². The maximum Gasteiger partial charge on any atom is 0.337 e. The lowest BCUT2D eigenvalue weighted by atomic mass is 10.1. The van der Waals surface area contributed by atoms with Crippen molar-refractivity contribution in [1.29, 1.82) is 0 Å². The third-order valence-electron chi connectivity index (χ3n) is 3.84. The summed E-state index contributed by atoms with van der Waals surface area (Å²) >= 11 is 0. The molecule has 0 saturated heterocycles. The van der Waals surface area contributed by atoms with Crippen molar-refractivity contribution in [3.05, 3.63) is 65.2 Å². The van der Waals surface area contributed by atoms with Gasteiger partial charge >= 0.3 is 5.97 Å². The number of esters is 1. The maximum atomic E-state index is 12.3. The van der Waals surface area contributed by atoms with E-state index in [4.69, 9.17) is 0 Å². The lowest BCUT2D eigenvalue weighted by Crippen LogP contribution is -2.36. The van der Waals surface area contributed by atoms with E-state index < -0.39 is 5.97 Å². The van der Waals surface area contributed by atoms with Crippen LogP contribution in [0.25, 0.3) is 0 Å². The van der Waals surface area contributed by atoms with Gasteiger partial charge in [-0.25, -0.2) is 4.79 Å². The third-order valence-corrected chi connectivity index (χ3v) is 3.84. The summed E-state index contributed by atoms with van der Waals surface area (Å²) in [6, 6.07) is 14.2. The Labute approximate surface area is 152 Å². The maximum absolute atomic E-state index is 12.3. The number of benzene rings is 2. The van der Waals surface area contributed by atoms with Crippen LogP contribution in [0.5, 0.6) is 0 Å². The van der Waals surface area contributed by atoms with E-state index in [1.54, 1.807) is 18.2 Å². The second-order valence-electron chi connectivity index (χ2n) is 5.98. The topological polar surface area (TPSA) is 75.7 Å². The van der Waals surface area contributed by atoms with E-state index in [1.807, 2.05) is 31.2 Å². The number of ether oxygens (including phenoxy) is 1. The Kier molecular flexibility index (Phi) is 6.49. The van der Waals surface area contributed by atoms with Crippen LogP contribution < -0.4 is 5.32 Å². The van der Waals surface area contributed by atoms with Crippen LogP contribution in [0.15, 0.2) is 48.5 Å². The van der Waals surface area contributed by atoms with Gasteiger partial charge in [-0.3, -0.25) is 9.59 Å². The number of rotatable bonds is 6. The van der Waals surface area contributed by atoms with E-state index in [-0.39, 0.29) is 18.4 Å². The lowest BCUT2D eigenvalue weighted by Gasteiger charge is -2.21. The molecule has 2 rings (SSSR count). The molecule has 136 valence electrons. The van der Waals surface area contributed by atoms with Crippen LogP contribution in [0.4, 0.5) is 5.69 Å². The molecular formula is C20H22N2O4. The first kappa shape index (κ1) is 19.2. The van der Waals surface area contributed by atoms with Crippen LogP contribution in [-0.2, 0) is 20.9 Å². The van der Waals surface area contributed by atoms with Gasteiger partial charge in [0.1, 0.15) is 6.54 Å². The Hall–Kier alpha value is -3.15. The predicted molar refractivity (Wildman–Crippen MR) is 98.7 cm³/mol. The summed E-state index contributed by atoms with van der Waals surface area (Å²) in [4.78, 5) is 37.2. The predicted octanol–water partition coefficient (Wildman–Crippen LogP) is 2.77. The second-order valence-corrected chi connectivity index (χ2v) is 5.98. The molecule has 0 aliphatic carbocycles. The number of hydrogen-bond acceptors (Lipinski definition) is 4. The van der Waals surface area contributed by atoms with Gasteiger partial charge in [-0.1, -0.05) is 35.9 Å². The molecule has 0 saturated carbocycles. The fraction of sp³-hybridized carbons (Fsp3) is 0.250. The zero-order chi connectivity index (χ0) is 19.1. The van der Waals surface area contributed by atoms with Crippen molar-refractivity contribution < 1.29 is 19.1 Å². The zero-order valence-corrected chi connectivity index (χ0v) is 15.1. The summed E-state index contributed by atoms with van der Waals surface area (Å²) in [5.41, 5.74) is 2.89. The Balaban J connectivity index is 2.02. The molecule has 6 nitrogen and oxygen atoms in total. The van der Waals surface area contributed by atoms with E-state index >= 15 is 0 Å². The van der Waals surface area contributed by atoms with Crippen LogP contribution in [0.3, 0.4) is 0 Å². The van der Waals surface area contributed by atoms with E-state index in [2.05, 4.69) is 10.1 Å².